The molecule has 6 aromatic heterocycles. The maximum atomic E-state index is 2.66. The summed E-state index contributed by atoms with van der Waals surface area (Å²) in [5, 5.41) is 15.1. The third-order valence-electron chi connectivity index (χ3n) is 20.8. The number of para-hydroxylation sites is 10. The molecule has 8 heterocycles. The molecule has 0 radical (unpaired) electrons. The second-order valence-corrected chi connectivity index (χ2v) is 25.0. The molecule has 20 aromatic rings. The van der Waals surface area contributed by atoms with Crippen LogP contribution in [0, 0.1) is 0 Å². The molecule has 0 saturated heterocycles. The molecule has 0 aliphatic carbocycles. The van der Waals surface area contributed by atoms with Crippen molar-refractivity contribution in [3.63, 3.8) is 0 Å². The first-order valence-corrected chi connectivity index (χ1v) is 31.4. The van der Waals surface area contributed by atoms with Gasteiger partial charge in [-0.05, 0) is 136 Å². The molecule has 0 fully saturated rings. The molecular formula is C84H48BN5. The number of fused-ring (bicyclic) bond motifs is 22. The van der Waals surface area contributed by atoms with Gasteiger partial charge < -0.3 is 23.0 Å². The highest BCUT2D eigenvalue weighted by atomic mass is 15.2. The molecule has 0 amide bonds. The van der Waals surface area contributed by atoms with E-state index < -0.39 is 0 Å². The van der Waals surface area contributed by atoms with Crippen LogP contribution in [-0.2, 0) is 0 Å². The predicted molar refractivity (Wildman–Crippen MR) is 381 cm³/mol. The average molecular weight is 1140 g/mol. The van der Waals surface area contributed by atoms with Gasteiger partial charge in [0.25, 0.3) is 6.71 Å². The van der Waals surface area contributed by atoms with Gasteiger partial charge in [-0.2, -0.15) is 0 Å². The summed E-state index contributed by atoms with van der Waals surface area (Å²) in [6.07, 6.45) is 0. The van der Waals surface area contributed by atoms with Crippen molar-refractivity contribution >= 4 is 172 Å². The smallest absolute Gasteiger partial charge is 0.252 e. The van der Waals surface area contributed by atoms with E-state index in [4.69, 9.17) is 0 Å². The Morgan fingerprint density at radius 1 is 0.211 bits per heavy atom. The second kappa shape index (κ2) is 17.0. The van der Waals surface area contributed by atoms with Crippen LogP contribution in [0.15, 0.2) is 291 Å². The first kappa shape index (κ1) is 47.3. The van der Waals surface area contributed by atoms with Crippen LogP contribution < -0.4 is 26.2 Å². The van der Waals surface area contributed by atoms with E-state index in [1.165, 1.54) is 187 Å². The summed E-state index contributed by atoms with van der Waals surface area (Å²) in [4.78, 5) is 5.25. The van der Waals surface area contributed by atoms with Gasteiger partial charge in [-0.3, -0.25) is 0 Å². The summed E-state index contributed by atoms with van der Waals surface area (Å²) in [5.74, 6) is 0. The van der Waals surface area contributed by atoms with Crippen molar-refractivity contribution in [2.75, 3.05) is 9.80 Å². The average Bonchev–Trinajstić information content (AvgIpc) is 0.821. The topological polar surface area (TPSA) is 19.7 Å². The lowest BCUT2D eigenvalue weighted by Crippen LogP contribution is -2.61. The molecule has 0 saturated carbocycles. The Morgan fingerprint density at radius 3 is 0.889 bits per heavy atom. The minimum absolute atomic E-state index is 0.0575. The van der Waals surface area contributed by atoms with Crippen molar-refractivity contribution < 1.29 is 0 Å². The maximum absolute atomic E-state index is 2.66. The van der Waals surface area contributed by atoms with Gasteiger partial charge in [0.1, 0.15) is 0 Å². The number of nitrogens with zero attached hydrogens (tertiary/aromatic N) is 5. The fraction of sp³-hybridized carbons (Fsp3) is 0. The van der Waals surface area contributed by atoms with Crippen molar-refractivity contribution in [3.8, 4) is 33.4 Å². The highest BCUT2D eigenvalue weighted by molar-refractivity contribution is 7.00. The van der Waals surface area contributed by atoms with Crippen LogP contribution in [0.4, 0.5) is 34.1 Å². The second-order valence-electron chi connectivity index (χ2n) is 25.0. The molecule has 2 aliphatic rings. The van der Waals surface area contributed by atoms with E-state index in [1.54, 1.807) is 0 Å². The van der Waals surface area contributed by atoms with Crippen molar-refractivity contribution in [1.82, 2.24) is 13.2 Å². The zero-order valence-corrected chi connectivity index (χ0v) is 48.5. The SMILES string of the molecule is c1ccc2c(c1)B1c3ccccc3N(c3c(-c4cc5c6ccccc6n6c7ccccc7c(c4)c56)cccc3-c3cc4c5ccccc5n5c6ccccc6c(c3)c45)c3cccc(c31)N2c1ccccc1-c1cc2c3ccccc3n3c4ccccc4c(c1)c23. The number of hydrogen-bond donors (Lipinski definition) is 0. The molecule has 412 valence electrons. The van der Waals surface area contributed by atoms with Gasteiger partial charge >= 0.3 is 0 Å². The van der Waals surface area contributed by atoms with Crippen LogP contribution >= 0.6 is 0 Å². The Kier molecular flexibility index (Phi) is 8.94. The fourth-order valence-corrected chi connectivity index (χ4v) is 17.3. The van der Waals surface area contributed by atoms with E-state index in [-0.39, 0.29) is 6.71 Å². The fourth-order valence-electron chi connectivity index (χ4n) is 17.3. The Labute approximate surface area is 516 Å². The van der Waals surface area contributed by atoms with Gasteiger partial charge in [0.15, 0.2) is 0 Å². The van der Waals surface area contributed by atoms with Crippen LogP contribution in [0.2, 0.25) is 0 Å². The first-order chi connectivity index (χ1) is 44.7. The summed E-state index contributed by atoms with van der Waals surface area (Å²) in [6.45, 7) is -0.0575. The first-order valence-electron chi connectivity index (χ1n) is 31.4. The van der Waals surface area contributed by atoms with Crippen LogP contribution in [0.5, 0.6) is 0 Å². The Hall–Kier alpha value is -11.9. The Balaban J connectivity index is 0.836. The number of hydrogen-bond acceptors (Lipinski definition) is 2. The summed E-state index contributed by atoms with van der Waals surface area (Å²) < 4.78 is 7.46. The molecule has 0 unspecified atom stereocenters. The molecule has 90 heavy (non-hydrogen) atoms. The Bertz CT molecular complexity index is 6070. The van der Waals surface area contributed by atoms with Crippen molar-refractivity contribution in [2.45, 2.75) is 0 Å². The van der Waals surface area contributed by atoms with E-state index in [9.17, 15) is 0 Å². The van der Waals surface area contributed by atoms with Gasteiger partial charge in [-0.1, -0.05) is 188 Å². The van der Waals surface area contributed by atoms with Gasteiger partial charge in [0, 0.05) is 104 Å². The van der Waals surface area contributed by atoms with Gasteiger partial charge in [-0.25, -0.2) is 0 Å². The number of anilines is 6. The molecule has 0 bridgehead atoms. The van der Waals surface area contributed by atoms with Gasteiger partial charge in [-0.15, -0.1) is 0 Å². The third kappa shape index (κ3) is 5.85. The van der Waals surface area contributed by atoms with E-state index in [0.717, 1.165) is 11.4 Å². The highest BCUT2D eigenvalue weighted by Gasteiger charge is 2.44. The molecule has 5 nitrogen and oxygen atoms in total. The van der Waals surface area contributed by atoms with Crippen LogP contribution in [0.3, 0.4) is 0 Å². The summed E-state index contributed by atoms with van der Waals surface area (Å²) in [7, 11) is 0. The Morgan fingerprint density at radius 2 is 0.489 bits per heavy atom. The minimum Gasteiger partial charge on any atom is -0.311 e. The maximum Gasteiger partial charge on any atom is 0.252 e. The largest absolute Gasteiger partial charge is 0.311 e. The number of aromatic nitrogens is 3. The zero-order valence-electron chi connectivity index (χ0n) is 48.5. The van der Waals surface area contributed by atoms with E-state index >= 15 is 0 Å². The van der Waals surface area contributed by atoms with Crippen LogP contribution in [-0.4, -0.2) is 19.9 Å². The molecule has 0 spiro atoms. The molecule has 6 heteroatoms. The lowest BCUT2D eigenvalue weighted by molar-refractivity contribution is 1.25. The zero-order chi connectivity index (χ0) is 58.2. The van der Waals surface area contributed by atoms with Crippen LogP contribution in [0.25, 0.3) is 148 Å². The predicted octanol–water partition coefficient (Wildman–Crippen LogP) is 20.2. The van der Waals surface area contributed by atoms with E-state index in [0.29, 0.717) is 0 Å². The highest BCUT2D eigenvalue weighted by Crippen LogP contribution is 2.54. The molecule has 0 atom stereocenters. The standard InChI is InChI=1S/C84H48BN5/c1-10-32-69(52(21-1)49-43-61-55-22-2-11-33-70(55)87-71-34-12-3-23-56(71)62(44-49)82(61)87)86-76-39-17-8-30-67(76)85-68-31-9-18-40-77(68)90(79-42-20-41-78(86)80(79)85)81-53(50-45-63-57-24-4-13-35-72(57)88-73-36-14-5-25-58(73)64(46-50)83(63)88)28-19-29-54(81)51-47-65-59-26-6-15-37-74(59)89-75-38-16-7-27-60(75)66(48-51)84(65)89/h1-48H. The lowest BCUT2D eigenvalue weighted by Gasteiger charge is -2.45. The number of rotatable bonds is 5. The molecule has 2 aliphatic heterocycles. The molecule has 0 N–H and O–H groups in total. The van der Waals surface area contributed by atoms with E-state index in [1.807, 2.05) is 0 Å². The van der Waals surface area contributed by atoms with Crippen molar-refractivity contribution in [1.29, 1.82) is 0 Å². The monoisotopic (exact) mass is 1140 g/mol. The third-order valence-corrected chi connectivity index (χ3v) is 20.8. The lowest BCUT2D eigenvalue weighted by atomic mass is 9.33. The molecule has 14 aromatic carbocycles. The normalized spacial score (nSPS) is 13.3. The van der Waals surface area contributed by atoms with E-state index in [2.05, 4.69) is 314 Å². The molecular weight excluding hydrogens is 1090 g/mol. The van der Waals surface area contributed by atoms with Crippen molar-refractivity contribution in [2.24, 2.45) is 0 Å². The summed E-state index contributed by atoms with van der Waals surface area (Å²) >= 11 is 0. The number of benzene rings is 14. The van der Waals surface area contributed by atoms with Crippen molar-refractivity contribution in [3.05, 3.63) is 291 Å². The quantitative estimate of drug-likeness (QED) is 0.160. The minimum atomic E-state index is -0.0575. The summed E-state index contributed by atoms with van der Waals surface area (Å²) in [6, 6.07) is 110. The molecule has 22 rings (SSSR count). The van der Waals surface area contributed by atoms with Gasteiger partial charge in [0.2, 0.25) is 0 Å². The summed E-state index contributed by atoms with van der Waals surface area (Å²) in [5.41, 5.74) is 29.1. The van der Waals surface area contributed by atoms with Gasteiger partial charge in [0.05, 0.1) is 61.0 Å². The van der Waals surface area contributed by atoms with Crippen LogP contribution in [0.1, 0.15) is 0 Å².